The van der Waals surface area contributed by atoms with Crippen LogP contribution < -0.4 is 10.6 Å². The zero-order chi connectivity index (χ0) is 18.7. The number of amides is 2. The van der Waals surface area contributed by atoms with E-state index in [1.165, 1.54) is 18.2 Å². The van der Waals surface area contributed by atoms with Crippen molar-refractivity contribution >= 4 is 23.5 Å². The van der Waals surface area contributed by atoms with Gasteiger partial charge in [-0.05, 0) is 37.5 Å². The van der Waals surface area contributed by atoms with Gasteiger partial charge in [0.25, 0.3) is 0 Å². The number of benzene rings is 1. The summed E-state index contributed by atoms with van der Waals surface area (Å²) in [4.78, 5) is 37.5. The average molecular weight is 362 g/mol. The Bertz CT molecular complexity index is 728. The van der Waals surface area contributed by atoms with E-state index in [-0.39, 0.29) is 18.9 Å². The predicted molar refractivity (Wildman–Crippen MR) is 93.0 cm³/mol. The highest BCUT2D eigenvalue weighted by Crippen LogP contribution is 2.35. The molecule has 0 radical (unpaired) electrons. The van der Waals surface area contributed by atoms with Gasteiger partial charge in [0.1, 0.15) is 11.4 Å². The molecule has 0 bridgehead atoms. The summed E-state index contributed by atoms with van der Waals surface area (Å²) in [7, 11) is 0. The highest BCUT2D eigenvalue weighted by Gasteiger charge is 2.44. The number of hydrogen-bond donors (Lipinski definition) is 2. The van der Waals surface area contributed by atoms with Gasteiger partial charge in [-0.1, -0.05) is 25.3 Å². The van der Waals surface area contributed by atoms with Crippen LogP contribution in [0.25, 0.3) is 0 Å². The number of hydrogen-bond acceptors (Lipinski definition) is 4. The Balaban J connectivity index is 1.86. The molecule has 140 valence electrons. The zero-order valence-electron chi connectivity index (χ0n) is 14.8. The summed E-state index contributed by atoms with van der Waals surface area (Å²) in [6.45, 7) is 1.97. The number of nitrogens with one attached hydrogen (secondary N) is 2. The van der Waals surface area contributed by atoms with Crippen molar-refractivity contribution in [2.45, 2.75) is 56.9 Å². The maximum absolute atomic E-state index is 13.5. The molecule has 0 spiro atoms. The number of carbonyl (C=O) groups excluding carboxylic acids is 3. The fourth-order valence-corrected chi connectivity index (χ4v) is 3.80. The quantitative estimate of drug-likeness (QED) is 0.807. The van der Waals surface area contributed by atoms with Gasteiger partial charge in [0.05, 0.1) is 12.5 Å². The van der Waals surface area contributed by atoms with Gasteiger partial charge in [-0.2, -0.15) is 0 Å². The van der Waals surface area contributed by atoms with Crippen molar-refractivity contribution < 1.29 is 23.5 Å². The highest BCUT2D eigenvalue weighted by atomic mass is 19.1. The van der Waals surface area contributed by atoms with Gasteiger partial charge in [-0.3, -0.25) is 9.59 Å². The third-order valence-electron chi connectivity index (χ3n) is 5.11. The second-order valence-corrected chi connectivity index (χ2v) is 6.89. The number of ether oxygens (including phenoxy) is 1. The number of rotatable bonds is 4. The van der Waals surface area contributed by atoms with E-state index >= 15 is 0 Å². The van der Waals surface area contributed by atoms with Crippen molar-refractivity contribution in [2.75, 3.05) is 11.9 Å². The van der Waals surface area contributed by atoms with Crippen molar-refractivity contribution in [3.63, 3.8) is 0 Å². The van der Waals surface area contributed by atoms with E-state index in [0.29, 0.717) is 24.1 Å². The third kappa shape index (κ3) is 3.57. The second kappa shape index (κ2) is 7.43. The number of esters is 1. The lowest BCUT2D eigenvalue weighted by atomic mass is 9.80. The summed E-state index contributed by atoms with van der Waals surface area (Å²) in [5.41, 5.74) is -0.187. The van der Waals surface area contributed by atoms with Crippen LogP contribution in [0.5, 0.6) is 0 Å². The van der Waals surface area contributed by atoms with Crippen molar-refractivity contribution in [3.8, 4) is 0 Å². The predicted octanol–water partition coefficient (Wildman–Crippen LogP) is 2.63. The molecule has 2 aliphatic rings. The van der Waals surface area contributed by atoms with Gasteiger partial charge in [-0.25, -0.2) is 9.18 Å². The third-order valence-corrected chi connectivity index (χ3v) is 5.11. The molecule has 1 aliphatic heterocycles. The minimum atomic E-state index is -1.04. The topological polar surface area (TPSA) is 84.5 Å². The summed E-state index contributed by atoms with van der Waals surface area (Å²) in [6, 6.07) is 3.97. The number of fused-ring (bicyclic) bond motifs is 1. The van der Waals surface area contributed by atoms with Gasteiger partial charge in [0, 0.05) is 12.1 Å². The van der Waals surface area contributed by atoms with Gasteiger partial charge >= 0.3 is 5.97 Å². The van der Waals surface area contributed by atoms with Crippen LogP contribution in [0.1, 0.15) is 56.9 Å². The molecule has 2 N–H and O–H groups in total. The first-order chi connectivity index (χ1) is 12.4. The lowest BCUT2D eigenvalue weighted by Gasteiger charge is -2.37. The van der Waals surface area contributed by atoms with Crippen molar-refractivity contribution in [1.82, 2.24) is 5.32 Å². The fraction of sp³-hybridized carbons (Fsp3) is 0.526. The zero-order valence-corrected chi connectivity index (χ0v) is 14.8. The normalized spacial score (nSPS) is 21.3. The van der Waals surface area contributed by atoms with Crippen molar-refractivity contribution in [1.29, 1.82) is 0 Å². The molecule has 26 heavy (non-hydrogen) atoms. The number of halogens is 1. The Labute approximate surface area is 151 Å². The molecule has 1 unspecified atom stereocenters. The van der Waals surface area contributed by atoms with E-state index < -0.39 is 29.2 Å². The average Bonchev–Trinajstić information content (AvgIpc) is 2.61. The molecule has 1 atom stereocenters. The summed E-state index contributed by atoms with van der Waals surface area (Å²) < 4.78 is 18.7. The molecule has 1 aromatic rings. The van der Waals surface area contributed by atoms with Crippen LogP contribution in [-0.2, 0) is 19.1 Å². The summed E-state index contributed by atoms with van der Waals surface area (Å²) in [5.74, 6) is -2.42. The largest absolute Gasteiger partial charge is 0.464 e. The second-order valence-electron chi connectivity index (χ2n) is 6.89. The molecule has 2 amide bonds. The Morgan fingerprint density at radius 1 is 1.31 bits per heavy atom. The van der Waals surface area contributed by atoms with E-state index in [0.717, 1.165) is 19.3 Å². The van der Waals surface area contributed by atoms with Crippen LogP contribution in [0.4, 0.5) is 10.1 Å². The lowest BCUT2D eigenvalue weighted by molar-refractivity contribution is -0.155. The van der Waals surface area contributed by atoms with E-state index in [1.54, 1.807) is 6.92 Å². The SMILES string of the molecule is CCOC(=O)C1(NC(=O)C2CC(=O)Nc3cc(F)ccc32)CCCCC1. The standard InChI is InChI=1S/C19H23FN2O4/c1-2-26-18(25)19(8-4-3-5-9-19)22-17(24)14-11-16(23)21-15-10-12(20)6-7-13(14)15/h6-7,10,14H,2-5,8-9,11H2,1H3,(H,21,23)(H,22,24). The molecule has 0 aromatic heterocycles. The van der Waals surface area contributed by atoms with E-state index in [2.05, 4.69) is 10.6 Å². The Kier molecular flexibility index (Phi) is 5.25. The van der Waals surface area contributed by atoms with Crippen LogP contribution in [0.2, 0.25) is 0 Å². The highest BCUT2D eigenvalue weighted by molar-refractivity contribution is 6.02. The van der Waals surface area contributed by atoms with Crippen LogP contribution in [0.15, 0.2) is 18.2 Å². The molecule has 1 aromatic carbocycles. The summed E-state index contributed by atoms with van der Waals surface area (Å²) >= 11 is 0. The maximum atomic E-state index is 13.5. The van der Waals surface area contributed by atoms with E-state index in [4.69, 9.17) is 4.74 Å². The first-order valence-electron chi connectivity index (χ1n) is 9.04. The molecule has 3 rings (SSSR count). The van der Waals surface area contributed by atoms with Crippen LogP contribution in [-0.4, -0.2) is 29.9 Å². The van der Waals surface area contributed by atoms with Crippen LogP contribution in [0, 0.1) is 5.82 Å². The number of carbonyl (C=O) groups is 3. The molecule has 6 nitrogen and oxygen atoms in total. The molecule has 7 heteroatoms. The van der Waals surface area contributed by atoms with Gasteiger partial charge in [0.15, 0.2) is 0 Å². The van der Waals surface area contributed by atoms with Gasteiger partial charge in [0.2, 0.25) is 11.8 Å². The van der Waals surface area contributed by atoms with Crippen molar-refractivity contribution in [3.05, 3.63) is 29.6 Å². The Hall–Kier alpha value is -2.44. The fourth-order valence-electron chi connectivity index (χ4n) is 3.80. The van der Waals surface area contributed by atoms with Gasteiger partial charge in [-0.15, -0.1) is 0 Å². The lowest BCUT2D eigenvalue weighted by Crippen LogP contribution is -2.57. The molecule has 1 fully saturated rings. The molecule has 1 heterocycles. The number of anilines is 1. The smallest absolute Gasteiger partial charge is 0.331 e. The van der Waals surface area contributed by atoms with E-state index in [9.17, 15) is 18.8 Å². The van der Waals surface area contributed by atoms with Crippen LogP contribution >= 0.6 is 0 Å². The van der Waals surface area contributed by atoms with E-state index in [1.807, 2.05) is 0 Å². The minimum Gasteiger partial charge on any atom is -0.464 e. The first kappa shape index (κ1) is 18.4. The minimum absolute atomic E-state index is 0.0383. The Morgan fingerprint density at radius 3 is 2.73 bits per heavy atom. The molecule has 0 saturated heterocycles. The molecule has 1 saturated carbocycles. The molecule has 1 aliphatic carbocycles. The van der Waals surface area contributed by atoms with Crippen molar-refractivity contribution in [2.24, 2.45) is 0 Å². The summed E-state index contributed by atoms with van der Waals surface area (Å²) in [5, 5.41) is 5.47. The Morgan fingerprint density at radius 2 is 2.04 bits per heavy atom. The monoisotopic (exact) mass is 362 g/mol. The maximum Gasteiger partial charge on any atom is 0.331 e. The molecular weight excluding hydrogens is 339 g/mol. The first-order valence-corrected chi connectivity index (χ1v) is 9.04. The van der Waals surface area contributed by atoms with Gasteiger partial charge < -0.3 is 15.4 Å². The molecular formula is C19H23FN2O4. The van der Waals surface area contributed by atoms with Crippen LogP contribution in [0.3, 0.4) is 0 Å². The summed E-state index contributed by atoms with van der Waals surface area (Å²) in [6.07, 6.45) is 3.66.